The zero-order valence-corrected chi connectivity index (χ0v) is 13.9. The molecule has 1 nitrogen and oxygen atoms in total. The van der Waals surface area contributed by atoms with Crippen molar-refractivity contribution in [2.75, 3.05) is 0 Å². The second kappa shape index (κ2) is 6.55. The topological polar surface area (TPSA) is 20.2 Å². The maximum absolute atomic E-state index is 10.8. The first-order chi connectivity index (χ1) is 9.56. The minimum atomic E-state index is -0.578. The highest BCUT2D eigenvalue weighted by molar-refractivity contribution is 9.10. The summed E-state index contributed by atoms with van der Waals surface area (Å²) in [6.45, 7) is 6.31. The molecule has 0 bridgehead atoms. The first kappa shape index (κ1) is 15.3. The van der Waals surface area contributed by atoms with E-state index in [-0.39, 0.29) is 0 Å². The maximum atomic E-state index is 10.8. The standard InChI is InChI=1S/C18H21BrO/c1-4-13-7-8-14(5-2)15(11-13)18(20)16-10-12(3)6-9-17(16)19/h6-11,18,20H,4-5H2,1-3H3. The normalized spacial score (nSPS) is 12.4. The fourth-order valence-corrected chi connectivity index (χ4v) is 2.94. The molecule has 1 unspecified atom stereocenters. The summed E-state index contributed by atoms with van der Waals surface area (Å²) < 4.78 is 0.958. The minimum absolute atomic E-state index is 0.578. The SMILES string of the molecule is CCc1ccc(CC)c(C(O)c2cc(C)ccc2Br)c1. The van der Waals surface area contributed by atoms with Gasteiger partial charge in [0.15, 0.2) is 0 Å². The fourth-order valence-electron chi connectivity index (χ4n) is 2.48. The molecule has 0 aliphatic heterocycles. The van der Waals surface area contributed by atoms with Crippen LogP contribution < -0.4 is 0 Å². The van der Waals surface area contributed by atoms with Crippen LogP contribution in [0, 0.1) is 6.92 Å². The average molecular weight is 333 g/mol. The van der Waals surface area contributed by atoms with E-state index in [1.165, 1.54) is 11.1 Å². The lowest BCUT2D eigenvalue weighted by Gasteiger charge is -2.18. The van der Waals surface area contributed by atoms with Gasteiger partial charge in [-0.25, -0.2) is 0 Å². The Hall–Kier alpha value is -1.12. The van der Waals surface area contributed by atoms with E-state index in [2.05, 4.69) is 48.0 Å². The van der Waals surface area contributed by atoms with Crippen LogP contribution in [0.4, 0.5) is 0 Å². The van der Waals surface area contributed by atoms with Crippen molar-refractivity contribution >= 4 is 15.9 Å². The Kier molecular flexibility index (Phi) is 5.00. The fraction of sp³-hybridized carbons (Fsp3) is 0.333. The summed E-state index contributed by atoms with van der Waals surface area (Å²) in [6.07, 6.45) is 1.34. The Morgan fingerprint density at radius 3 is 2.40 bits per heavy atom. The minimum Gasteiger partial charge on any atom is -0.384 e. The molecular weight excluding hydrogens is 312 g/mol. The summed E-state index contributed by atoms with van der Waals surface area (Å²) in [4.78, 5) is 0. The van der Waals surface area contributed by atoms with E-state index >= 15 is 0 Å². The molecule has 20 heavy (non-hydrogen) atoms. The quantitative estimate of drug-likeness (QED) is 0.838. The summed E-state index contributed by atoms with van der Waals surface area (Å²) in [5.74, 6) is 0. The van der Waals surface area contributed by atoms with E-state index < -0.39 is 6.10 Å². The van der Waals surface area contributed by atoms with Crippen molar-refractivity contribution < 1.29 is 5.11 Å². The third-order valence-electron chi connectivity index (χ3n) is 3.74. The van der Waals surface area contributed by atoms with Gasteiger partial charge < -0.3 is 5.11 Å². The summed E-state index contributed by atoms with van der Waals surface area (Å²) in [5, 5.41) is 10.8. The molecule has 0 spiro atoms. The molecule has 0 heterocycles. The van der Waals surface area contributed by atoms with E-state index in [0.29, 0.717) is 0 Å². The molecule has 2 rings (SSSR count). The molecule has 106 valence electrons. The van der Waals surface area contributed by atoms with Crippen molar-refractivity contribution in [3.63, 3.8) is 0 Å². The van der Waals surface area contributed by atoms with E-state index in [0.717, 1.165) is 34.0 Å². The van der Waals surface area contributed by atoms with Gasteiger partial charge in [0.1, 0.15) is 6.10 Å². The summed E-state index contributed by atoms with van der Waals surface area (Å²) in [6, 6.07) is 12.5. The van der Waals surface area contributed by atoms with Gasteiger partial charge in [0, 0.05) is 4.47 Å². The van der Waals surface area contributed by atoms with Gasteiger partial charge in [-0.05, 0) is 48.1 Å². The van der Waals surface area contributed by atoms with E-state index in [1.54, 1.807) is 0 Å². The Balaban J connectivity index is 2.51. The van der Waals surface area contributed by atoms with Gasteiger partial charge >= 0.3 is 0 Å². The zero-order chi connectivity index (χ0) is 14.7. The van der Waals surface area contributed by atoms with Crippen LogP contribution in [-0.2, 0) is 12.8 Å². The third-order valence-corrected chi connectivity index (χ3v) is 4.46. The van der Waals surface area contributed by atoms with Crippen molar-refractivity contribution in [2.24, 2.45) is 0 Å². The molecule has 0 saturated carbocycles. The van der Waals surface area contributed by atoms with E-state index in [9.17, 15) is 5.11 Å². The first-order valence-electron chi connectivity index (χ1n) is 7.12. The van der Waals surface area contributed by atoms with Crippen molar-refractivity contribution in [2.45, 2.75) is 39.7 Å². The van der Waals surface area contributed by atoms with Gasteiger partial charge in [0.05, 0.1) is 0 Å². The monoisotopic (exact) mass is 332 g/mol. The molecule has 1 atom stereocenters. The van der Waals surface area contributed by atoms with E-state index in [1.807, 2.05) is 25.1 Å². The molecule has 0 radical (unpaired) electrons. The maximum Gasteiger partial charge on any atom is 0.105 e. The van der Waals surface area contributed by atoms with Crippen molar-refractivity contribution in [3.8, 4) is 0 Å². The predicted molar refractivity (Wildman–Crippen MR) is 88.1 cm³/mol. The summed E-state index contributed by atoms with van der Waals surface area (Å²) in [5.41, 5.74) is 5.60. The molecule has 2 aromatic rings. The Bertz CT molecular complexity index is 604. The van der Waals surface area contributed by atoms with Crippen LogP contribution in [0.3, 0.4) is 0 Å². The van der Waals surface area contributed by atoms with Crippen molar-refractivity contribution in [3.05, 3.63) is 68.7 Å². The lowest BCUT2D eigenvalue weighted by Crippen LogP contribution is -2.05. The molecule has 0 aliphatic carbocycles. The van der Waals surface area contributed by atoms with Crippen molar-refractivity contribution in [1.82, 2.24) is 0 Å². The molecule has 0 amide bonds. The van der Waals surface area contributed by atoms with Crippen LogP contribution in [0.25, 0.3) is 0 Å². The van der Waals surface area contributed by atoms with Crippen LogP contribution in [0.15, 0.2) is 40.9 Å². The molecule has 0 fully saturated rings. The van der Waals surface area contributed by atoms with Crippen LogP contribution in [0.2, 0.25) is 0 Å². The van der Waals surface area contributed by atoms with Gasteiger partial charge in [0.25, 0.3) is 0 Å². The van der Waals surface area contributed by atoms with Crippen LogP contribution in [-0.4, -0.2) is 5.11 Å². The second-order valence-electron chi connectivity index (χ2n) is 5.17. The van der Waals surface area contributed by atoms with Gasteiger partial charge in [0.2, 0.25) is 0 Å². The van der Waals surface area contributed by atoms with E-state index in [4.69, 9.17) is 0 Å². The zero-order valence-electron chi connectivity index (χ0n) is 12.3. The number of hydrogen-bond acceptors (Lipinski definition) is 1. The molecule has 1 N–H and O–H groups in total. The second-order valence-corrected chi connectivity index (χ2v) is 6.02. The number of hydrogen-bond donors (Lipinski definition) is 1. The van der Waals surface area contributed by atoms with Crippen LogP contribution in [0.1, 0.15) is 47.8 Å². The number of aliphatic hydroxyl groups is 1. The molecule has 2 heteroatoms. The average Bonchev–Trinajstić information content (AvgIpc) is 2.48. The number of aryl methyl sites for hydroxylation is 3. The number of rotatable bonds is 4. The van der Waals surface area contributed by atoms with Crippen LogP contribution >= 0.6 is 15.9 Å². The molecule has 2 aromatic carbocycles. The third kappa shape index (κ3) is 3.13. The lowest BCUT2D eigenvalue weighted by molar-refractivity contribution is 0.218. The van der Waals surface area contributed by atoms with Gasteiger partial charge in [-0.1, -0.05) is 65.7 Å². The molecule has 0 aromatic heterocycles. The van der Waals surface area contributed by atoms with Gasteiger partial charge in [-0.15, -0.1) is 0 Å². The number of aliphatic hydroxyl groups excluding tert-OH is 1. The highest BCUT2D eigenvalue weighted by Gasteiger charge is 2.17. The highest BCUT2D eigenvalue weighted by Crippen LogP contribution is 2.32. The molecule has 0 aliphatic rings. The molecular formula is C18H21BrO. The first-order valence-corrected chi connectivity index (χ1v) is 7.91. The number of benzene rings is 2. The highest BCUT2D eigenvalue weighted by atomic mass is 79.9. The smallest absolute Gasteiger partial charge is 0.105 e. The Labute approximate surface area is 129 Å². The van der Waals surface area contributed by atoms with Gasteiger partial charge in [-0.2, -0.15) is 0 Å². The van der Waals surface area contributed by atoms with Crippen molar-refractivity contribution in [1.29, 1.82) is 0 Å². The largest absolute Gasteiger partial charge is 0.384 e. The Morgan fingerprint density at radius 1 is 1.00 bits per heavy atom. The lowest BCUT2D eigenvalue weighted by atomic mass is 9.92. The molecule has 0 saturated heterocycles. The summed E-state index contributed by atoms with van der Waals surface area (Å²) >= 11 is 3.55. The number of halogens is 1. The summed E-state index contributed by atoms with van der Waals surface area (Å²) in [7, 11) is 0. The van der Waals surface area contributed by atoms with Gasteiger partial charge in [-0.3, -0.25) is 0 Å². The Morgan fingerprint density at radius 2 is 1.75 bits per heavy atom. The predicted octanol–water partition coefficient (Wildman–Crippen LogP) is 4.96. The van der Waals surface area contributed by atoms with Crippen LogP contribution in [0.5, 0.6) is 0 Å².